The predicted molar refractivity (Wildman–Crippen MR) is 105 cm³/mol. The van der Waals surface area contributed by atoms with Crippen LogP contribution < -0.4 is 0 Å². The number of rotatable bonds is 3. The molecule has 0 spiro atoms. The fourth-order valence-corrected chi connectivity index (χ4v) is 4.74. The van der Waals surface area contributed by atoms with E-state index >= 15 is 0 Å². The second kappa shape index (κ2) is 7.08. The van der Waals surface area contributed by atoms with Gasteiger partial charge in [0.1, 0.15) is 10.3 Å². The molecule has 0 saturated carbocycles. The van der Waals surface area contributed by atoms with Gasteiger partial charge in [-0.15, -0.1) is 11.3 Å². The van der Waals surface area contributed by atoms with Gasteiger partial charge in [0.25, 0.3) is 11.8 Å². The second-order valence-corrected chi connectivity index (χ2v) is 7.86. The minimum absolute atomic E-state index is 0.0317. The molecular formula is C20H20N4O2S. The van der Waals surface area contributed by atoms with Crippen LogP contribution in [0.4, 0.5) is 0 Å². The summed E-state index contributed by atoms with van der Waals surface area (Å²) in [6.45, 7) is 1.26. The number of fused-ring (bicyclic) bond motifs is 1. The Bertz CT molecular complexity index is 1000. The summed E-state index contributed by atoms with van der Waals surface area (Å²) in [5.74, 6) is 0.0776. The molecule has 0 unspecified atom stereocenters. The Labute approximate surface area is 161 Å². The Morgan fingerprint density at radius 3 is 2.63 bits per heavy atom. The molecule has 1 aliphatic heterocycles. The molecule has 0 radical (unpaired) electrons. The van der Waals surface area contributed by atoms with Gasteiger partial charge in [-0.1, -0.05) is 18.2 Å². The van der Waals surface area contributed by atoms with E-state index in [4.69, 9.17) is 0 Å². The summed E-state index contributed by atoms with van der Waals surface area (Å²) in [5, 5.41) is 0. The smallest absolute Gasteiger partial charge is 0.263 e. The Balaban J connectivity index is 1.68. The first-order valence-electron chi connectivity index (χ1n) is 8.85. The highest BCUT2D eigenvalue weighted by Crippen LogP contribution is 2.39. The van der Waals surface area contributed by atoms with Crippen molar-refractivity contribution in [1.29, 1.82) is 0 Å². The quantitative estimate of drug-likeness (QED) is 0.701. The molecule has 1 saturated heterocycles. The van der Waals surface area contributed by atoms with E-state index in [1.807, 2.05) is 35.2 Å². The van der Waals surface area contributed by atoms with Crippen LogP contribution in [0.15, 0.2) is 42.7 Å². The van der Waals surface area contributed by atoms with Gasteiger partial charge in [-0.2, -0.15) is 0 Å². The lowest BCUT2D eigenvalue weighted by Crippen LogP contribution is -2.28. The third kappa shape index (κ3) is 3.19. The molecule has 0 bridgehead atoms. The van der Waals surface area contributed by atoms with E-state index in [0.29, 0.717) is 23.5 Å². The summed E-state index contributed by atoms with van der Waals surface area (Å²) >= 11 is 1.38. The zero-order valence-electron chi connectivity index (χ0n) is 15.3. The van der Waals surface area contributed by atoms with Crippen molar-refractivity contribution in [3.8, 4) is 0 Å². The maximum atomic E-state index is 12.8. The molecule has 6 nitrogen and oxygen atoms in total. The molecule has 27 heavy (non-hydrogen) atoms. The summed E-state index contributed by atoms with van der Waals surface area (Å²) in [7, 11) is 3.49. The first kappa shape index (κ1) is 17.6. The molecule has 0 aliphatic carbocycles. The number of benzene rings is 1. The summed E-state index contributed by atoms with van der Waals surface area (Å²) in [6, 6.07) is 9.32. The van der Waals surface area contributed by atoms with Gasteiger partial charge in [0.2, 0.25) is 0 Å². The number of nitrogens with zero attached hydrogens (tertiary/aromatic N) is 4. The molecular weight excluding hydrogens is 360 g/mol. The van der Waals surface area contributed by atoms with E-state index in [0.717, 1.165) is 22.3 Å². The third-order valence-corrected chi connectivity index (χ3v) is 5.96. The Hall–Kier alpha value is -2.80. The van der Waals surface area contributed by atoms with Crippen LogP contribution in [-0.2, 0) is 0 Å². The van der Waals surface area contributed by atoms with Crippen molar-refractivity contribution in [2.24, 2.45) is 0 Å². The average Bonchev–Trinajstić information content (AvgIpc) is 3.31. The minimum atomic E-state index is -0.0392. The maximum Gasteiger partial charge on any atom is 0.263 e. The summed E-state index contributed by atoms with van der Waals surface area (Å²) < 4.78 is 0. The fourth-order valence-electron chi connectivity index (χ4n) is 3.53. The van der Waals surface area contributed by atoms with E-state index < -0.39 is 0 Å². The van der Waals surface area contributed by atoms with Crippen LogP contribution in [0.2, 0.25) is 0 Å². The van der Waals surface area contributed by atoms with Gasteiger partial charge >= 0.3 is 0 Å². The average molecular weight is 380 g/mol. The number of aromatic nitrogens is 2. The van der Waals surface area contributed by atoms with Gasteiger partial charge < -0.3 is 9.80 Å². The Morgan fingerprint density at radius 2 is 1.89 bits per heavy atom. The number of thiophene rings is 1. The molecule has 4 rings (SSSR count). The van der Waals surface area contributed by atoms with Gasteiger partial charge in [0, 0.05) is 56.6 Å². The van der Waals surface area contributed by atoms with E-state index in [1.54, 1.807) is 31.4 Å². The monoisotopic (exact) mass is 380 g/mol. The standard InChI is InChI=1S/C20H20N4O2S/c1-23(2)20(26)17-15(16-18(27-17)22-10-9-21-16)14-8-11-24(12-14)19(25)13-6-4-3-5-7-13/h3-7,9-10,14H,8,11-12H2,1-2H3/t14-/m1/s1. The van der Waals surface area contributed by atoms with E-state index in [1.165, 1.54) is 11.3 Å². The van der Waals surface area contributed by atoms with Gasteiger partial charge in [-0.25, -0.2) is 4.98 Å². The maximum absolute atomic E-state index is 12.8. The van der Waals surface area contributed by atoms with Crippen molar-refractivity contribution in [2.45, 2.75) is 12.3 Å². The molecule has 2 aromatic heterocycles. The SMILES string of the molecule is CN(C)C(=O)c1sc2nccnc2c1[C@@H]1CCN(C(=O)c2ccccc2)C1. The number of likely N-dealkylation sites (tertiary alicyclic amines) is 1. The van der Waals surface area contributed by atoms with Crippen molar-refractivity contribution in [3.63, 3.8) is 0 Å². The first-order valence-corrected chi connectivity index (χ1v) is 9.67. The lowest BCUT2D eigenvalue weighted by atomic mass is 9.97. The van der Waals surface area contributed by atoms with Crippen molar-refractivity contribution in [3.05, 3.63) is 58.7 Å². The predicted octanol–water partition coefficient (Wildman–Crippen LogP) is 3.02. The van der Waals surface area contributed by atoms with Crippen molar-refractivity contribution >= 4 is 33.5 Å². The summed E-state index contributed by atoms with van der Waals surface area (Å²) in [4.78, 5) is 39.3. The molecule has 3 heterocycles. The molecule has 138 valence electrons. The minimum Gasteiger partial charge on any atom is -0.344 e. The number of hydrogen-bond acceptors (Lipinski definition) is 5. The zero-order chi connectivity index (χ0) is 19.0. The third-order valence-electron chi connectivity index (χ3n) is 4.87. The summed E-state index contributed by atoms with van der Waals surface area (Å²) in [5.41, 5.74) is 2.41. The normalized spacial score (nSPS) is 16.7. The largest absolute Gasteiger partial charge is 0.344 e. The van der Waals surface area contributed by atoms with Crippen LogP contribution >= 0.6 is 11.3 Å². The molecule has 1 fully saturated rings. The number of carbonyl (C=O) groups is 2. The topological polar surface area (TPSA) is 66.4 Å². The van der Waals surface area contributed by atoms with Crippen LogP contribution in [-0.4, -0.2) is 58.8 Å². The lowest BCUT2D eigenvalue weighted by molar-refractivity contribution is 0.0790. The van der Waals surface area contributed by atoms with Gasteiger partial charge in [-0.05, 0) is 18.6 Å². The Morgan fingerprint density at radius 1 is 1.15 bits per heavy atom. The van der Waals surface area contributed by atoms with Gasteiger partial charge in [-0.3, -0.25) is 14.6 Å². The second-order valence-electron chi connectivity index (χ2n) is 6.86. The zero-order valence-corrected chi connectivity index (χ0v) is 16.1. The van der Waals surface area contributed by atoms with Gasteiger partial charge in [0.15, 0.2) is 0 Å². The molecule has 1 aromatic carbocycles. The van der Waals surface area contributed by atoms with Gasteiger partial charge in [0.05, 0.1) is 4.88 Å². The number of amides is 2. The molecule has 2 amide bonds. The molecule has 7 heteroatoms. The molecule has 0 N–H and O–H groups in total. The fraction of sp³-hybridized carbons (Fsp3) is 0.300. The first-order chi connectivity index (χ1) is 13.1. The van der Waals surface area contributed by atoms with E-state index in [9.17, 15) is 9.59 Å². The highest BCUT2D eigenvalue weighted by molar-refractivity contribution is 7.20. The van der Waals surface area contributed by atoms with E-state index in [-0.39, 0.29) is 17.7 Å². The lowest BCUT2D eigenvalue weighted by Gasteiger charge is -2.17. The van der Waals surface area contributed by atoms with Crippen LogP contribution in [0.3, 0.4) is 0 Å². The summed E-state index contributed by atoms with van der Waals surface area (Å²) in [6.07, 6.45) is 4.12. The van der Waals surface area contributed by atoms with Crippen LogP contribution in [0.1, 0.15) is 37.9 Å². The molecule has 3 aromatic rings. The van der Waals surface area contributed by atoms with E-state index in [2.05, 4.69) is 9.97 Å². The molecule has 1 atom stereocenters. The van der Waals surface area contributed by atoms with Crippen LogP contribution in [0.25, 0.3) is 10.3 Å². The van der Waals surface area contributed by atoms with Crippen molar-refractivity contribution in [1.82, 2.24) is 19.8 Å². The van der Waals surface area contributed by atoms with Crippen LogP contribution in [0.5, 0.6) is 0 Å². The van der Waals surface area contributed by atoms with Crippen molar-refractivity contribution in [2.75, 3.05) is 27.2 Å². The van der Waals surface area contributed by atoms with Crippen LogP contribution in [0, 0.1) is 0 Å². The highest BCUT2D eigenvalue weighted by Gasteiger charge is 2.34. The highest BCUT2D eigenvalue weighted by atomic mass is 32.1. The Kier molecular flexibility index (Phi) is 4.61. The number of hydrogen-bond donors (Lipinski definition) is 0. The number of carbonyl (C=O) groups excluding carboxylic acids is 2. The molecule has 1 aliphatic rings. The van der Waals surface area contributed by atoms with Crippen molar-refractivity contribution < 1.29 is 9.59 Å².